The van der Waals surface area contributed by atoms with Crippen molar-refractivity contribution in [2.75, 3.05) is 0 Å². The summed E-state index contributed by atoms with van der Waals surface area (Å²) < 4.78 is 0. The van der Waals surface area contributed by atoms with Crippen LogP contribution in [0.4, 0.5) is 0 Å². The van der Waals surface area contributed by atoms with Crippen LogP contribution in [0.1, 0.15) is 25.1 Å². The Morgan fingerprint density at radius 2 is 1.93 bits per heavy atom. The Morgan fingerprint density at radius 3 is 2.75 bits per heavy atom. The maximum atomic E-state index is 12.7. The molecule has 2 heterocycles. The van der Waals surface area contributed by atoms with E-state index in [1.165, 1.54) is 0 Å². The fourth-order valence-corrected chi connectivity index (χ4v) is 3.13. The molecule has 1 aromatic heterocycles. The molecule has 136 valence electrons. The lowest BCUT2D eigenvalue weighted by Gasteiger charge is -2.10. The van der Waals surface area contributed by atoms with E-state index in [0.29, 0.717) is 5.57 Å². The lowest BCUT2D eigenvalue weighted by Crippen LogP contribution is -2.07. The molecule has 0 saturated heterocycles. The van der Waals surface area contributed by atoms with Gasteiger partial charge < -0.3 is 10.3 Å². The minimum absolute atomic E-state index is 0.0607. The Bertz CT molecular complexity index is 1170. The van der Waals surface area contributed by atoms with Crippen molar-refractivity contribution in [1.82, 2.24) is 10.3 Å². The zero-order chi connectivity index (χ0) is 19.5. The van der Waals surface area contributed by atoms with E-state index in [0.717, 1.165) is 39.4 Å². The number of H-pyrrole nitrogens is 1. The van der Waals surface area contributed by atoms with Crippen LogP contribution in [0.3, 0.4) is 0 Å². The molecule has 0 fully saturated rings. The van der Waals surface area contributed by atoms with Gasteiger partial charge in [-0.05, 0) is 55.4 Å². The molecule has 3 nitrogen and oxygen atoms in total. The molecule has 0 bridgehead atoms. The van der Waals surface area contributed by atoms with Crippen LogP contribution in [-0.2, 0) is 4.79 Å². The summed E-state index contributed by atoms with van der Waals surface area (Å²) in [4.78, 5) is 16.1. The highest BCUT2D eigenvalue weighted by Gasteiger charge is 2.12. The number of nitrogens with one attached hydrogen (secondary N) is 2. The van der Waals surface area contributed by atoms with Gasteiger partial charge in [0.2, 0.25) is 0 Å². The fourth-order valence-electron chi connectivity index (χ4n) is 3.13. The predicted molar refractivity (Wildman–Crippen MR) is 114 cm³/mol. The van der Waals surface area contributed by atoms with Crippen LogP contribution in [0.15, 0.2) is 94.7 Å². The van der Waals surface area contributed by atoms with Gasteiger partial charge in [-0.3, -0.25) is 4.79 Å². The zero-order valence-electron chi connectivity index (χ0n) is 15.8. The van der Waals surface area contributed by atoms with Crippen molar-refractivity contribution in [3.05, 3.63) is 106 Å². The summed E-state index contributed by atoms with van der Waals surface area (Å²) in [5.41, 5.74) is 13.9. The fraction of sp³-hybridized carbons (Fsp3) is 0.0800. The Kier molecular flexibility index (Phi) is 4.70. The van der Waals surface area contributed by atoms with E-state index in [9.17, 15) is 4.79 Å². The molecule has 1 aliphatic heterocycles. The van der Waals surface area contributed by atoms with E-state index in [2.05, 4.69) is 40.0 Å². The number of carbonyl (C=O) groups excluding carboxylic acids is 1. The normalized spacial score (nSPS) is 15.2. The summed E-state index contributed by atoms with van der Waals surface area (Å²) in [5, 5.41) is 3.12. The van der Waals surface area contributed by atoms with Crippen LogP contribution >= 0.6 is 0 Å². The third-order valence-corrected chi connectivity index (χ3v) is 4.91. The number of aromatic nitrogens is 1. The molecule has 1 aliphatic carbocycles. The number of hydrogen-bond acceptors (Lipinski definition) is 2. The van der Waals surface area contributed by atoms with Crippen molar-refractivity contribution in [2.45, 2.75) is 13.8 Å². The SMILES string of the molecule is CC1=C(C)C(/C=C/C(=O)C2=Cc3cc(-c4ccccc4)[nH]c3C=C=C2)=C=CN1. The number of allylic oxidation sites excluding steroid dienone is 7. The van der Waals surface area contributed by atoms with Crippen LogP contribution < -0.4 is 5.32 Å². The first-order chi connectivity index (χ1) is 13.6. The first-order valence-corrected chi connectivity index (χ1v) is 9.16. The molecule has 28 heavy (non-hydrogen) atoms. The van der Waals surface area contributed by atoms with E-state index < -0.39 is 0 Å². The molecule has 2 N–H and O–H groups in total. The van der Waals surface area contributed by atoms with Crippen LogP contribution in [0.25, 0.3) is 23.4 Å². The second kappa shape index (κ2) is 7.46. The average molecular weight is 364 g/mol. The van der Waals surface area contributed by atoms with Crippen molar-refractivity contribution in [3.63, 3.8) is 0 Å². The first kappa shape index (κ1) is 17.6. The van der Waals surface area contributed by atoms with E-state index in [-0.39, 0.29) is 5.78 Å². The Hall–Kier alpha value is -3.77. The van der Waals surface area contributed by atoms with Gasteiger partial charge in [0, 0.05) is 40.4 Å². The van der Waals surface area contributed by atoms with Gasteiger partial charge >= 0.3 is 0 Å². The second-order valence-electron chi connectivity index (χ2n) is 6.77. The maximum absolute atomic E-state index is 12.7. The Labute approximate surface area is 164 Å². The third kappa shape index (κ3) is 3.54. The Balaban J connectivity index is 1.62. The number of benzene rings is 1. The zero-order valence-corrected chi connectivity index (χ0v) is 15.8. The van der Waals surface area contributed by atoms with Crippen molar-refractivity contribution < 1.29 is 4.79 Å². The molecular formula is C25H20N2O. The molecule has 3 heteroatoms. The van der Waals surface area contributed by atoms with Gasteiger partial charge in [0.1, 0.15) is 0 Å². The number of fused-ring (bicyclic) bond motifs is 1. The van der Waals surface area contributed by atoms with Gasteiger partial charge in [-0.1, -0.05) is 36.1 Å². The minimum atomic E-state index is -0.0607. The minimum Gasteiger partial charge on any atom is -0.358 e. The average Bonchev–Trinajstić information content (AvgIpc) is 3.01. The maximum Gasteiger partial charge on any atom is 0.186 e. The van der Waals surface area contributed by atoms with Crippen LogP contribution in [0.5, 0.6) is 0 Å². The molecule has 0 atom stereocenters. The van der Waals surface area contributed by atoms with Crippen molar-refractivity contribution in [2.24, 2.45) is 0 Å². The molecular weight excluding hydrogens is 344 g/mol. The second-order valence-corrected chi connectivity index (χ2v) is 6.77. The van der Waals surface area contributed by atoms with Crippen LogP contribution in [-0.4, -0.2) is 10.8 Å². The molecule has 2 aromatic rings. The highest BCUT2D eigenvalue weighted by Crippen LogP contribution is 2.26. The standard InChI is InChI=1S/C25H20N2O/c1-17-18(2)26-14-13-19(17)11-12-25(28)21-9-6-10-23-22(15-21)16-24(27-23)20-7-4-3-5-8-20/h3-5,7-12,14-16,26-27H,1-2H3/b12-11+. The van der Waals surface area contributed by atoms with Gasteiger partial charge in [0.05, 0.1) is 5.69 Å². The van der Waals surface area contributed by atoms with Gasteiger partial charge in [0.15, 0.2) is 5.78 Å². The van der Waals surface area contributed by atoms with Gasteiger partial charge in [0.25, 0.3) is 0 Å². The van der Waals surface area contributed by atoms with E-state index >= 15 is 0 Å². The lowest BCUT2D eigenvalue weighted by atomic mass is 10.0. The van der Waals surface area contributed by atoms with Gasteiger partial charge in [-0.25, -0.2) is 0 Å². The quantitative estimate of drug-likeness (QED) is 0.570. The predicted octanol–water partition coefficient (Wildman–Crippen LogP) is 5.31. The van der Waals surface area contributed by atoms with Gasteiger partial charge in [-0.2, -0.15) is 0 Å². The molecule has 4 rings (SSSR count). The monoisotopic (exact) mass is 364 g/mol. The van der Waals surface area contributed by atoms with E-state index in [1.54, 1.807) is 18.4 Å². The molecule has 0 unspecified atom stereocenters. The van der Waals surface area contributed by atoms with E-state index in [1.807, 2.05) is 50.3 Å². The third-order valence-electron chi connectivity index (χ3n) is 4.91. The molecule has 0 saturated carbocycles. The highest BCUT2D eigenvalue weighted by atomic mass is 16.1. The Morgan fingerprint density at radius 1 is 1.11 bits per heavy atom. The number of rotatable bonds is 4. The van der Waals surface area contributed by atoms with Gasteiger partial charge in [-0.15, -0.1) is 5.73 Å². The van der Waals surface area contributed by atoms with Crippen molar-refractivity contribution in [1.29, 1.82) is 0 Å². The van der Waals surface area contributed by atoms with Crippen molar-refractivity contribution >= 4 is 17.9 Å². The summed E-state index contributed by atoms with van der Waals surface area (Å²) in [6.07, 6.45) is 10.7. The number of ketones is 1. The lowest BCUT2D eigenvalue weighted by molar-refractivity contribution is -0.111. The topological polar surface area (TPSA) is 44.9 Å². The first-order valence-electron chi connectivity index (χ1n) is 9.16. The largest absolute Gasteiger partial charge is 0.358 e. The summed E-state index contributed by atoms with van der Waals surface area (Å²) in [6, 6.07) is 12.2. The van der Waals surface area contributed by atoms with Crippen LogP contribution in [0, 0.1) is 0 Å². The summed E-state index contributed by atoms with van der Waals surface area (Å²) in [5.74, 6) is -0.0607. The van der Waals surface area contributed by atoms with Crippen molar-refractivity contribution in [3.8, 4) is 11.3 Å². The molecule has 1 aromatic carbocycles. The summed E-state index contributed by atoms with van der Waals surface area (Å²) in [7, 11) is 0. The number of aromatic amines is 1. The molecule has 0 radical (unpaired) electrons. The molecule has 0 spiro atoms. The molecule has 2 aliphatic rings. The number of hydrogen-bond donors (Lipinski definition) is 2. The smallest absolute Gasteiger partial charge is 0.186 e. The summed E-state index contributed by atoms with van der Waals surface area (Å²) >= 11 is 0. The van der Waals surface area contributed by atoms with E-state index in [4.69, 9.17) is 0 Å². The highest BCUT2D eigenvalue weighted by molar-refractivity contribution is 6.10. The van der Waals surface area contributed by atoms with Crippen LogP contribution in [0.2, 0.25) is 0 Å². The number of carbonyl (C=O) groups is 1. The molecule has 0 amide bonds. The summed E-state index contributed by atoms with van der Waals surface area (Å²) in [6.45, 7) is 4.01.